The van der Waals surface area contributed by atoms with Gasteiger partial charge in [0, 0.05) is 17.8 Å². The predicted molar refractivity (Wildman–Crippen MR) is 96.5 cm³/mol. The first-order chi connectivity index (χ1) is 11.8. The average molecular weight is 321 g/mol. The van der Waals surface area contributed by atoms with E-state index < -0.39 is 0 Å². The van der Waals surface area contributed by atoms with E-state index in [4.69, 9.17) is 0 Å². The number of hydrogen-bond donors (Lipinski definition) is 3. The molecule has 1 heterocycles. The molecule has 0 bridgehead atoms. The number of H-pyrrole nitrogens is 1. The Morgan fingerprint density at radius 3 is 2.50 bits per heavy atom. The summed E-state index contributed by atoms with van der Waals surface area (Å²) >= 11 is 0. The summed E-state index contributed by atoms with van der Waals surface area (Å²) in [5.74, 6) is 0. The molecular weight excluding hydrogens is 298 g/mol. The molecule has 0 aliphatic carbocycles. The van der Waals surface area contributed by atoms with E-state index in [1.54, 1.807) is 0 Å². The van der Waals surface area contributed by atoms with E-state index in [2.05, 4.69) is 46.7 Å². The topological polar surface area (TPSA) is 60.9 Å². The van der Waals surface area contributed by atoms with Crippen molar-refractivity contribution in [3.63, 3.8) is 0 Å². The van der Waals surface area contributed by atoms with Gasteiger partial charge in [0.25, 0.3) is 0 Å². The molecule has 0 radical (unpaired) electrons. The van der Waals surface area contributed by atoms with Gasteiger partial charge in [0.15, 0.2) is 0 Å². The van der Waals surface area contributed by atoms with Gasteiger partial charge < -0.3 is 10.4 Å². The number of rotatable bonds is 7. The summed E-state index contributed by atoms with van der Waals surface area (Å²) in [6.45, 7) is 2.82. The molecule has 2 aromatic carbocycles. The van der Waals surface area contributed by atoms with Crippen LogP contribution in [0.15, 0.2) is 60.7 Å². The summed E-state index contributed by atoms with van der Waals surface area (Å²) in [7, 11) is 0. The van der Waals surface area contributed by atoms with Crippen molar-refractivity contribution in [1.29, 1.82) is 0 Å². The lowest BCUT2D eigenvalue weighted by Gasteiger charge is -2.16. The molecule has 4 heteroatoms. The summed E-state index contributed by atoms with van der Waals surface area (Å²) in [4.78, 5) is 0. The van der Waals surface area contributed by atoms with Crippen molar-refractivity contribution in [3.05, 3.63) is 77.5 Å². The van der Waals surface area contributed by atoms with E-state index in [9.17, 15) is 5.11 Å². The first-order valence-electron chi connectivity index (χ1n) is 8.33. The van der Waals surface area contributed by atoms with Crippen LogP contribution in [-0.4, -0.2) is 21.9 Å². The van der Waals surface area contributed by atoms with E-state index in [-0.39, 0.29) is 12.6 Å². The van der Waals surface area contributed by atoms with E-state index in [0.717, 1.165) is 28.9 Å². The van der Waals surface area contributed by atoms with Gasteiger partial charge in [0.2, 0.25) is 0 Å². The van der Waals surface area contributed by atoms with Gasteiger partial charge in [-0.1, -0.05) is 61.5 Å². The summed E-state index contributed by atoms with van der Waals surface area (Å²) in [6, 6.07) is 20.4. The molecule has 0 aliphatic rings. The highest BCUT2D eigenvalue weighted by Gasteiger charge is 2.11. The van der Waals surface area contributed by atoms with Gasteiger partial charge in [-0.05, 0) is 23.6 Å². The third-order valence-corrected chi connectivity index (χ3v) is 4.21. The SMILES string of the molecule is CCc1ccc(C(CO)NCc2cc(-c3ccccc3)n[nH]2)cc1. The van der Waals surface area contributed by atoms with Crippen LogP contribution in [0.2, 0.25) is 0 Å². The van der Waals surface area contributed by atoms with Crippen LogP contribution in [0.25, 0.3) is 11.3 Å². The summed E-state index contributed by atoms with van der Waals surface area (Å²) < 4.78 is 0. The van der Waals surface area contributed by atoms with Crippen molar-refractivity contribution < 1.29 is 5.11 Å². The van der Waals surface area contributed by atoms with Crippen molar-refractivity contribution in [2.45, 2.75) is 25.9 Å². The van der Waals surface area contributed by atoms with Crippen molar-refractivity contribution >= 4 is 0 Å². The normalized spacial score (nSPS) is 12.2. The van der Waals surface area contributed by atoms with Crippen LogP contribution < -0.4 is 5.32 Å². The average Bonchev–Trinajstić information content (AvgIpc) is 3.12. The highest BCUT2D eigenvalue weighted by atomic mass is 16.3. The van der Waals surface area contributed by atoms with E-state index >= 15 is 0 Å². The van der Waals surface area contributed by atoms with Crippen molar-refractivity contribution in [2.24, 2.45) is 0 Å². The van der Waals surface area contributed by atoms with Crippen LogP contribution in [0.1, 0.15) is 29.8 Å². The van der Waals surface area contributed by atoms with Crippen LogP contribution >= 0.6 is 0 Å². The molecule has 0 saturated heterocycles. The van der Waals surface area contributed by atoms with Crippen LogP contribution in [0.3, 0.4) is 0 Å². The molecule has 24 heavy (non-hydrogen) atoms. The predicted octanol–water partition coefficient (Wildman–Crippen LogP) is 3.46. The van der Waals surface area contributed by atoms with Gasteiger partial charge in [-0.15, -0.1) is 0 Å². The van der Waals surface area contributed by atoms with Gasteiger partial charge in [-0.25, -0.2) is 0 Å². The quantitative estimate of drug-likeness (QED) is 0.624. The van der Waals surface area contributed by atoms with Crippen LogP contribution in [-0.2, 0) is 13.0 Å². The maximum absolute atomic E-state index is 9.68. The number of aromatic amines is 1. The molecule has 3 N–H and O–H groups in total. The second-order valence-corrected chi connectivity index (χ2v) is 5.86. The molecule has 1 unspecified atom stereocenters. The minimum atomic E-state index is -0.0839. The number of hydrogen-bond acceptors (Lipinski definition) is 3. The Labute approximate surface area is 142 Å². The number of aromatic nitrogens is 2. The molecular formula is C20H23N3O. The third-order valence-electron chi connectivity index (χ3n) is 4.21. The van der Waals surface area contributed by atoms with Crippen LogP contribution in [0.5, 0.6) is 0 Å². The fraction of sp³-hybridized carbons (Fsp3) is 0.250. The minimum Gasteiger partial charge on any atom is -0.394 e. The maximum atomic E-state index is 9.68. The molecule has 0 amide bonds. The summed E-state index contributed by atoms with van der Waals surface area (Å²) in [5, 5.41) is 20.5. The molecule has 1 aromatic heterocycles. The van der Waals surface area contributed by atoms with Crippen molar-refractivity contribution in [3.8, 4) is 11.3 Å². The zero-order valence-corrected chi connectivity index (χ0v) is 13.9. The number of benzene rings is 2. The second kappa shape index (κ2) is 7.90. The van der Waals surface area contributed by atoms with Crippen LogP contribution in [0, 0.1) is 0 Å². The zero-order chi connectivity index (χ0) is 16.8. The number of aliphatic hydroxyl groups is 1. The Bertz CT molecular complexity index is 750. The monoisotopic (exact) mass is 321 g/mol. The van der Waals surface area contributed by atoms with Gasteiger partial charge in [-0.3, -0.25) is 5.10 Å². The lowest BCUT2D eigenvalue weighted by atomic mass is 10.0. The van der Waals surface area contributed by atoms with E-state index in [1.165, 1.54) is 5.56 Å². The number of nitrogens with one attached hydrogen (secondary N) is 2. The first kappa shape index (κ1) is 16.4. The molecule has 3 rings (SSSR count). The Kier molecular flexibility index (Phi) is 5.41. The van der Waals surface area contributed by atoms with Crippen molar-refractivity contribution in [1.82, 2.24) is 15.5 Å². The van der Waals surface area contributed by atoms with Gasteiger partial charge >= 0.3 is 0 Å². The van der Waals surface area contributed by atoms with E-state index in [0.29, 0.717) is 6.54 Å². The Morgan fingerprint density at radius 2 is 1.83 bits per heavy atom. The minimum absolute atomic E-state index is 0.0607. The highest BCUT2D eigenvalue weighted by molar-refractivity contribution is 5.58. The highest BCUT2D eigenvalue weighted by Crippen LogP contribution is 2.18. The number of aliphatic hydroxyl groups excluding tert-OH is 1. The smallest absolute Gasteiger partial charge is 0.0924 e. The molecule has 0 fully saturated rings. The third kappa shape index (κ3) is 3.91. The molecule has 124 valence electrons. The van der Waals surface area contributed by atoms with Gasteiger partial charge in [-0.2, -0.15) is 5.10 Å². The summed E-state index contributed by atoms with van der Waals surface area (Å²) in [6.07, 6.45) is 1.02. The fourth-order valence-corrected chi connectivity index (χ4v) is 2.72. The molecule has 4 nitrogen and oxygen atoms in total. The first-order valence-corrected chi connectivity index (χ1v) is 8.33. The largest absolute Gasteiger partial charge is 0.394 e. The molecule has 0 spiro atoms. The van der Waals surface area contributed by atoms with Gasteiger partial charge in [0.1, 0.15) is 0 Å². The Morgan fingerprint density at radius 1 is 1.08 bits per heavy atom. The molecule has 3 aromatic rings. The lowest BCUT2D eigenvalue weighted by Crippen LogP contribution is -2.24. The maximum Gasteiger partial charge on any atom is 0.0924 e. The Hall–Kier alpha value is -2.43. The fourth-order valence-electron chi connectivity index (χ4n) is 2.72. The number of nitrogens with zero attached hydrogens (tertiary/aromatic N) is 1. The van der Waals surface area contributed by atoms with Crippen molar-refractivity contribution in [2.75, 3.05) is 6.61 Å². The molecule has 0 aliphatic heterocycles. The lowest BCUT2D eigenvalue weighted by molar-refractivity contribution is 0.243. The standard InChI is InChI=1S/C20H23N3O/c1-2-15-8-10-17(11-9-15)20(14-24)21-13-18-12-19(23-22-18)16-6-4-3-5-7-16/h3-12,20-21,24H,2,13-14H2,1H3,(H,22,23). The number of aryl methyl sites for hydroxylation is 1. The molecule has 0 saturated carbocycles. The van der Waals surface area contributed by atoms with Crippen LogP contribution in [0.4, 0.5) is 0 Å². The second-order valence-electron chi connectivity index (χ2n) is 5.86. The molecule has 1 atom stereocenters. The van der Waals surface area contributed by atoms with Gasteiger partial charge in [0.05, 0.1) is 18.3 Å². The van der Waals surface area contributed by atoms with E-state index in [1.807, 2.05) is 36.4 Å². The summed E-state index contributed by atoms with van der Waals surface area (Å²) in [5.41, 5.74) is 5.42. The Balaban J connectivity index is 1.64. The zero-order valence-electron chi connectivity index (χ0n) is 13.9.